The van der Waals surface area contributed by atoms with E-state index >= 15 is 0 Å². The van der Waals surface area contributed by atoms with E-state index in [0.29, 0.717) is 16.0 Å². The Balaban J connectivity index is 2.19. The van der Waals surface area contributed by atoms with Gasteiger partial charge in [-0.2, -0.15) is 4.98 Å². The Kier molecular flexibility index (Phi) is 5.36. The number of primary sulfonamides is 1. The molecule has 0 aliphatic rings. The fourth-order valence-corrected chi connectivity index (χ4v) is 2.48. The molecule has 9 nitrogen and oxygen atoms in total. The molecular formula is C13H15BrN6O3S. The maximum absolute atomic E-state index is 11.2. The minimum Gasteiger partial charge on any atom is -0.368 e. The number of hydrogen-bond donors (Lipinski definition) is 4. The lowest BCUT2D eigenvalue weighted by molar-refractivity contribution is -0.118. The highest BCUT2D eigenvalue weighted by molar-refractivity contribution is 9.10. The molecule has 0 spiro atoms. The van der Waals surface area contributed by atoms with E-state index < -0.39 is 22.0 Å². The molecule has 1 aromatic carbocycles. The Morgan fingerprint density at radius 1 is 1.29 bits per heavy atom. The van der Waals surface area contributed by atoms with Crippen LogP contribution in [0.4, 0.5) is 17.5 Å². The second-order valence-electron chi connectivity index (χ2n) is 4.85. The molecular weight excluding hydrogens is 400 g/mol. The van der Waals surface area contributed by atoms with E-state index in [2.05, 4.69) is 36.5 Å². The number of nitrogens with zero attached hydrogens (tertiary/aromatic N) is 2. The summed E-state index contributed by atoms with van der Waals surface area (Å²) in [6.45, 7) is 1.61. The number of carbonyl (C=O) groups excluding carboxylic acids is 1. The number of aromatic nitrogens is 2. The molecule has 11 heteroatoms. The number of nitrogens with two attached hydrogens (primary N) is 2. The maximum atomic E-state index is 11.2. The van der Waals surface area contributed by atoms with E-state index in [0.717, 1.165) is 0 Å². The van der Waals surface area contributed by atoms with Gasteiger partial charge in [-0.15, -0.1) is 0 Å². The number of amides is 1. The van der Waals surface area contributed by atoms with Crippen molar-refractivity contribution < 1.29 is 13.2 Å². The highest BCUT2D eigenvalue weighted by Crippen LogP contribution is 2.23. The summed E-state index contributed by atoms with van der Waals surface area (Å²) in [5.74, 6) is 0.120. The smallest absolute Gasteiger partial charge is 0.239 e. The van der Waals surface area contributed by atoms with Gasteiger partial charge in [-0.1, -0.05) is 0 Å². The minimum atomic E-state index is -3.75. The molecule has 1 atom stereocenters. The zero-order chi connectivity index (χ0) is 17.9. The summed E-state index contributed by atoms with van der Waals surface area (Å²) in [7, 11) is -3.75. The number of benzene rings is 1. The van der Waals surface area contributed by atoms with Crippen molar-refractivity contribution in [3.63, 3.8) is 0 Å². The molecule has 0 fully saturated rings. The van der Waals surface area contributed by atoms with Crippen LogP contribution in [-0.4, -0.2) is 30.3 Å². The van der Waals surface area contributed by atoms with Crippen LogP contribution in [0.25, 0.3) is 0 Å². The lowest BCUT2D eigenvalue weighted by atomic mass is 10.3. The average molecular weight is 415 g/mol. The molecule has 1 aromatic heterocycles. The predicted octanol–water partition coefficient (Wildman–Crippen LogP) is 0.916. The first-order valence-corrected chi connectivity index (χ1v) is 8.99. The number of primary amides is 1. The van der Waals surface area contributed by atoms with Gasteiger partial charge in [-0.25, -0.2) is 18.5 Å². The molecule has 128 valence electrons. The van der Waals surface area contributed by atoms with E-state index in [4.69, 9.17) is 10.9 Å². The van der Waals surface area contributed by atoms with Gasteiger partial charge in [0.15, 0.2) is 0 Å². The van der Waals surface area contributed by atoms with Gasteiger partial charge >= 0.3 is 0 Å². The van der Waals surface area contributed by atoms with E-state index in [-0.39, 0.29) is 10.8 Å². The molecule has 24 heavy (non-hydrogen) atoms. The summed E-state index contributed by atoms with van der Waals surface area (Å²) in [5.41, 5.74) is 5.78. The van der Waals surface area contributed by atoms with Gasteiger partial charge in [0.25, 0.3) is 0 Å². The van der Waals surface area contributed by atoms with Gasteiger partial charge < -0.3 is 16.4 Å². The molecule has 6 N–H and O–H groups in total. The first-order valence-electron chi connectivity index (χ1n) is 6.65. The summed E-state index contributed by atoms with van der Waals surface area (Å²) >= 11 is 3.28. The molecule has 1 heterocycles. The Morgan fingerprint density at radius 2 is 1.92 bits per heavy atom. The number of sulfonamides is 1. The van der Waals surface area contributed by atoms with Crippen molar-refractivity contribution in [2.24, 2.45) is 10.9 Å². The Hall–Kier alpha value is -2.24. The van der Waals surface area contributed by atoms with Gasteiger partial charge in [-0.05, 0) is 47.1 Å². The van der Waals surface area contributed by atoms with Crippen molar-refractivity contribution in [1.29, 1.82) is 0 Å². The van der Waals surface area contributed by atoms with Crippen molar-refractivity contribution in [2.75, 3.05) is 10.6 Å². The standard InChI is InChI=1S/C13H15BrN6O3S/c1-7(11(15)21)18-12-10(14)6-17-13(20-12)19-8-2-4-9(5-3-8)24(16,22)23/h2-7H,1H3,(H2,15,21)(H2,16,22,23)(H2,17,18,19,20)/t7-/m0/s1. The van der Waals surface area contributed by atoms with Crippen LogP contribution in [0.15, 0.2) is 39.8 Å². The van der Waals surface area contributed by atoms with E-state index in [1.54, 1.807) is 6.92 Å². The lowest BCUT2D eigenvalue weighted by Crippen LogP contribution is -2.33. The Morgan fingerprint density at radius 3 is 2.46 bits per heavy atom. The van der Waals surface area contributed by atoms with Crippen LogP contribution in [0.3, 0.4) is 0 Å². The number of rotatable bonds is 6. The molecule has 0 aliphatic heterocycles. The normalized spacial score (nSPS) is 12.5. The third kappa shape index (κ3) is 4.63. The van der Waals surface area contributed by atoms with Gasteiger partial charge in [0.05, 0.1) is 9.37 Å². The van der Waals surface area contributed by atoms with E-state index in [9.17, 15) is 13.2 Å². The van der Waals surface area contributed by atoms with Crippen LogP contribution in [0.1, 0.15) is 6.92 Å². The van der Waals surface area contributed by atoms with Crippen molar-refractivity contribution in [3.8, 4) is 0 Å². The molecule has 2 aromatic rings. The lowest BCUT2D eigenvalue weighted by Gasteiger charge is -2.13. The summed E-state index contributed by atoms with van der Waals surface area (Å²) in [5, 5.41) is 10.8. The minimum absolute atomic E-state index is 0.00223. The van der Waals surface area contributed by atoms with E-state index in [1.165, 1.54) is 30.5 Å². The number of nitrogens with one attached hydrogen (secondary N) is 2. The number of halogens is 1. The van der Waals surface area contributed by atoms with Gasteiger partial charge in [0, 0.05) is 11.9 Å². The van der Waals surface area contributed by atoms with Gasteiger partial charge in [0.1, 0.15) is 11.9 Å². The van der Waals surface area contributed by atoms with Crippen molar-refractivity contribution in [1.82, 2.24) is 9.97 Å². The van der Waals surface area contributed by atoms with Crippen molar-refractivity contribution in [3.05, 3.63) is 34.9 Å². The first kappa shape index (κ1) is 18.1. The van der Waals surface area contributed by atoms with Gasteiger partial charge in [0.2, 0.25) is 21.9 Å². The third-order valence-corrected chi connectivity index (χ3v) is 4.47. The first-order chi connectivity index (χ1) is 11.2. The van der Waals surface area contributed by atoms with Crippen LogP contribution < -0.4 is 21.5 Å². The predicted molar refractivity (Wildman–Crippen MR) is 93.1 cm³/mol. The summed E-state index contributed by atoms with van der Waals surface area (Å²) in [6.07, 6.45) is 1.50. The monoisotopic (exact) mass is 414 g/mol. The van der Waals surface area contributed by atoms with Crippen LogP contribution in [0, 0.1) is 0 Å². The van der Waals surface area contributed by atoms with Crippen LogP contribution in [0.5, 0.6) is 0 Å². The van der Waals surface area contributed by atoms with Crippen molar-refractivity contribution >= 4 is 49.3 Å². The second kappa shape index (κ2) is 7.11. The maximum Gasteiger partial charge on any atom is 0.239 e. The second-order valence-corrected chi connectivity index (χ2v) is 7.27. The summed E-state index contributed by atoms with van der Waals surface area (Å²) in [6, 6.07) is 5.18. The zero-order valence-electron chi connectivity index (χ0n) is 12.5. The highest BCUT2D eigenvalue weighted by atomic mass is 79.9. The highest BCUT2D eigenvalue weighted by Gasteiger charge is 2.13. The van der Waals surface area contributed by atoms with Crippen LogP contribution in [0.2, 0.25) is 0 Å². The van der Waals surface area contributed by atoms with Crippen molar-refractivity contribution in [2.45, 2.75) is 17.9 Å². The zero-order valence-corrected chi connectivity index (χ0v) is 14.9. The fourth-order valence-electron chi connectivity index (χ4n) is 1.66. The summed E-state index contributed by atoms with van der Waals surface area (Å²) < 4.78 is 23.0. The molecule has 0 saturated carbocycles. The molecule has 0 aliphatic carbocycles. The van der Waals surface area contributed by atoms with Crippen LogP contribution in [-0.2, 0) is 14.8 Å². The Bertz CT molecular complexity index is 857. The van der Waals surface area contributed by atoms with Gasteiger partial charge in [-0.3, -0.25) is 4.79 Å². The van der Waals surface area contributed by atoms with E-state index in [1.807, 2.05) is 0 Å². The number of hydrogen-bond acceptors (Lipinski definition) is 7. The topological polar surface area (TPSA) is 153 Å². The van der Waals surface area contributed by atoms with Crippen LogP contribution >= 0.6 is 15.9 Å². The third-order valence-electron chi connectivity index (χ3n) is 2.96. The quantitative estimate of drug-likeness (QED) is 0.547. The summed E-state index contributed by atoms with van der Waals surface area (Å²) in [4.78, 5) is 19.5. The molecule has 0 radical (unpaired) electrons. The molecule has 1 amide bonds. The molecule has 0 saturated heterocycles. The number of anilines is 3. The molecule has 0 unspecified atom stereocenters. The largest absolute Gasteiger partial charge is 0.368 e. The Labute approximate surface area is 147 Å². The molecule has 2 rings (SSSR count). The average Bonchev–Trinajstić information content (AvgIpc) is 2.50. The molecule has 0 bridgehead atoms. The SMILES string of the molecule is C[C@H](Nc1nc(Nc2ccc(S(N)(=O)=O)cc2)ncc1Br)C(N)=O. The fraction of sp³-hybridized carbons (Fsp3) is 0.154. The number of carbonyl (C=O) groups is 1.